The third-order valence-electron chi connectivity index (χ3n) is 3.94. The summed E-state index contributed by atoms with van der Waals surface area (Å²) in [6.07, 6.45) is 0. The minimum Gasteiger partial charge on any atom is -0.337 e. The molecule has 0 saturated carbocycles. The SMILES string of the molecule is CCN1CCN([C@H](C)c2nc(-c3cccs3)no2)CC1. The van der Waals surface area contributed by atoms with Crippen LogP contribution in [0.1, 0.15) is 25.8 Å². The Labute approximate surface area is 123 Å². The van der Waals surface area contributed by atoms with Gasteiger partial charge in [0.05, 0.1) is 10.9 Å². The monoisotopic (exact) mass is 292 g/mol. The Hall–Kier alpha value is -1.24. The fourth-order valence-electron chi connectivity index (χ4n) is 2.53. The van der Waals surface area contributed by atoms with E-state index in [2.05, 4.69) is 33.8 Å². The third kappa shape index (κ3) is 2.77. The first-order valence-corrected chi connectivity index (χ1v) is 7.99. The molecule has 2 aromatic rings. The molecular weight excluding hydrogens is 272 g/mol. The number of hydrogen-bond acceptors (Lipinski definition) is 6. The molecule has 0 N–H and O–H groups in total. The van der Waals surface area contributed by atoms with Gasteiger partial charge < -0.3 is 9.42 Å². The van der Waals surface area contributed by atoms with Gasteiger partial charge in [-0.1, -0.05) is 18.1 Å². The molecule has 5 nitrogen and oxygen atoms in total. The molecule has 3 heterocycles. The van der Waals surface area contributed by atoms with E-state index < -0.39 is 0 Å². The van der Waals surface area contributed by atoms with E-state index in [0.717, 1.165) is 43.5 Å². The van der Waals surface area contributed by atoms with E-state index in [1.165, 1.54) is 0 Å². The van der Waals surface area contributed by atoms with Crippen LogP contribution in [0.15, 0.2) is 22.0 Å². The zero-order chi connectivity index (χ0) is 13.9. The molecule has 0 unspecified atom stereocenters. The number of piperazine rings is 1. The second kappa shape index (κ2) is 6.03. The molecule has 0 aromatic carbocycles. The van der Waals surface area contributed by atoms with Crippen molar-refractivity contribution < 1.29 is 4.52 Å². The summed E-state index contributed by atoms with van der Waals surface area (Å²) >= 11 is 1.63. The summed E-state index contributed by atoms with van der Waals surface area (Å²) in [5.41, 5.74) is 0. The summed E-state index contributed by atoms with van der Waals surface area (Å²) in [6.45, 7) is 9.85. The van der Waals surface area contributed by atoms with Gasteiger partial charge in [-0.3, -0.25) is 4.90 Å². The van der Waals surface area contributed by atoms with Crippen molar-refractivity contribution >= 4 is 11.3 Å². The molecule has 0 radical (unpaired) electrons. The van der Waals surface area contributed by atoms with Crippen molar-refractivity contribution in [2.45, 2.75) is 19.9 Å². The lowest BCUT2D eigenvalue weighted by Gasteiger charge is -2.36. The number of hydrogen-bond donors (Lipinski definition) is 0. The summed E-state index contributed by atoms with van der Waals surface area (Å²) in [7, 11) is 0. The maximum absolute atomic E-state index is 5.45. The van der Waals surface area contributed by atoms with Crippen LogP contribution in [0.25, 0.3) is 10.7 Å². The van der Waals surface area contributed by atoms with Crippen LogP contribution in [0.5, 0.6) is 0 Å². The predicted molar refractivity (Wildman–Crippen MR) is 79.7 cm³/mol. The quantitative estimate of drug-likeness (QED) is 0.866. The summed E-state index contributed by atoms with van der Waals surface area (Å²) in [6, 6.07) is 4.21. The van der Waals surface area contributed by atoms with Crippen LogP contribution in [0.2, 0.25) is 0 Å². The molecule has 0 spiro atoms. The van der Waals surface area contributed by atoms with Crippen molar-refractivity contribution in [2.24, 2.45) is 0 Å². The van der Waals surface area contributed by atoms with Gasteiger partial charge in [-0.25, -0.2) is 0 Å². The first-order chi connectivity index (χ1) is 9.78. The number of aromatic nitrogens is 2. The number of rotatable bonds is 4. The van der Waals surface area contributed by atoms with Crippen LogP contribution in [0.3, 0.4) is 0 Å². The lowest BCUT2D eigenvalue weighted by molar-refractivity contribution is 0.0914. The van der Waals surface area contributed by atoms with Crippen molar-refractivity contribution in [3.63, 3.8) is 0 Å². The largest absolute Gasteiger partial charge is 0.337 e. The molecular formula is C14H20N4OS. The second-order valence-corrected chi connectivity index (χ2v) is 6.03. The van der Waals surface area contributed by atoms with Crippen molar-refractivity contribution in [1.82, 2.24) is 19.9 Å². The maximum Gasteiger partial charge on any atom is 0.244 e. The van der Waals surface area contributed by atoms with Crippen molar-refractivity contribution in [3.8, 4) is 10.7 Å². The van der Waals surface area contributed by atoms with Crippen molar-refractivity contribution in [1.29, 1.82) is 0 Å². The van der Waals surface area contributed by atoms with Gasteiger partial charge in [0.25, 0.3) is 0 Å². The summed E-state index contributed by atoms with van der Waals surface area (Å²) < 4.78 is 5.45. The van der Waals surface area contributed by atoms with Crippen LogP contribution in [0, 0.1) is 0 Å². The van der Waals surface area contributed by atoms with Gasteiger partial charge in [0.15, 0.2) is 0 Å². The Morgan fingerprint density at radius 2 is 2.15 bits per heavy atom. The Morgan fingerprint density at radius 3 is 2.80 bits per heavy atom. The van der Waals surface area contributed by atoms with Gasteiger partial charge in [0.2, 0.25) is 11.7 Å². The normalized spacial score (nSPS) is 19.3. The number of likely N-dealkylation sites (N-methyl/N-ethyl adjacent to an activating group) is 1. The minimum atomic E-state index is 0.190. The molecule has 0 aliphatic carbocycles. The fraction of sp³-hybridized carbons (Fsp3) is 0.571. The van der Waals surface area contributed by atoms with Crippen molar-refractivity contribution in [3.05, 3.63) is 23.4 Å². The molecule has 2 aromatic heterocycles. The molecule has 1 atom stereocenters. The zero-order valence-corrected chi connectivity index (χ0v) is 12.8. The van der Waals surface area contributed by atoms with Crippen LogP contribution in [-0.4, -0.2) is 52.7 Å². The first kappa shape index (κ1) is 13.7. The van der Waals surface area contributed by atoms with Gasteiger partial charge in [0.1, 0.15) is 0 Å². The van der Waals surface area contributed by atoms with Crippen LogP contribution < -0.4 is 0 Å². The average Bonchev–Trinajstić information content (AvgIpc) is 3.17. The summed E-state index contributed by atoms with van der Waals surface area (Å²) in [5.74, 6) is 1.42. The number of nitrogens with zero attached hydrogens (tertiary/aromatic N) is 4. The highest BCUT2D eigenvalue weighted by Gasteiger charge is 2.25. The average molecular weight is 292 g/mol. The predicted octanol–water partition coefficient (Wildman–Crippen LogP) is 2.50. The van der Waals surface area contributed by atoms with E-state index in [0.29, 0.717) is 5.82 Å². The highest BCUT2D eigenvalue weighted by Crippen LogP contribution is 2.25. The molecule has 3 rings (SSSR count). The molecule has 0 amide bonds. The van der Waals surface area contributed by atoms with Crippen LogP contribution in [-0.2, 0) is 0 Å². The molecule has 1 aliphatic heterocycles. The lowest BCUT2D eigenvalue weighted by atomic mass is 10.2. The maximum atomic E-state index is 5.45. The Balaban J connectivity index is 1.67. The van der Waals surface area contributed by atoms with Gasteiger partial charge in [-0.2, -0.15) is 4.98 Å². The fourth-order valence-corrected chi connectivity index (χ4v) is 3.18. The van der Waals surface area contributed by atoms with Crippen molar-refractivity contribution in [2.75, 3.05) is 32.7 Å². The van der Waals surface area contributed by atoms with Crippen LogP contribution in [0.4, 0.5) is 0 Å². The van der Waals surface area contributed by atoms with E-state index in [1.54, 1.807) is 11.3 Å². The first-order valence-electron chi connectivity index (χ1n) is 7.12. The second-order valence-electron chi connectivity index (χ2n) is 5.08. The van der Waals surface area contributed by atoms with E-state index in [4.69, 9.17) is 4.52 Å². The lowest BCUT2D eigenvalue weighted by Crippen LogP contribution is -2.46. The molecule has 1 fully saturated rings. The van der Waals surface area contributed by atoms with E-state index in [1.807, 2.05) is 17.5 Å². The number of thiophene rings is 1. The third-order valence-corrected chi connectivity index (χ3v) is 4.81. The molecule has 20 heavy (non-hydrogen) atoms. The summed E-state index contributed by atoms with van der Waals surface area (Å²) in [5, 5.41) is 6.12. The smallest absolute Gasteiger partial charge is 0.244 e. The van der Waals surface area contributed by atoms with E-state index in [9.17, 15) is 0 Å². The summed E-state index contributed by atoms with van der Waals surface area (Å²) in [4.78, 5) is 10.5. The van der Waals surface area contributed by atoms with Gasteiger partial charge in [-0.15, -0.1) is 11.3 Å². The highest BCUT2D eigenvalue weighted by atomic mass is 32.1. The Kier molecular flexibility index (Phi) is 4.14. The molecule has 0 bridgehead atoms. The van der Waals surface area contributed by atoms with Gasteiger partial charge in [-0.05, 0) is 24.9 Å². The van der Waals surface area contributed by atoms with Crippen LogP contribution >= 0.6 is 11.3 Å². The van der Waals surface area contributed by atoms with E-state index in [-0.39, 0.29) is 6.04 Å². The highest BCUT2D eigenvalue weighted by molar-refractivity contribution is 7.13. The van der Waals surface area contributed by atoms with Gasteiger partial charge >= 0.3 is 0 Å². The standard InChI is InChI=1S/C14H20N4OS/c1-3-17-6-8-18(9-7-17)11(2)14-15-13(16-19-14)12-5-4-10-20-12/h4-5,10-11H,3,6-9H2,1-2H3/t11-/m1/s1. The topological polar surface area (TPSA) is 45.4 Å². The minimum absolute atomic E-state index is 0.190. The Bertz CT molecular complexity index is 531. The molecule has 6 heteroatoms. The molecule has 108 valence electrons. The van der Waals surface area contributed by atoms with E-state index >= 15 is 0 Å². The Morgan fingerprint density at radius 1 is 1.35 bits per heavy atom. The molecule has 1 saturated heterocycles. The molecule has 1 aliphatic rings. The van der Waals surface area contributed by atoms with Gasteiger partial charge in [0, 0.05) is 26.2 Å². The zero-order valence-electron chi connectivity index (χ0n) is 12.0.